The molecule has 5 nitrogen and oxygen atoms in total. The molecule has 1 rings (SSSR count). The van der Waals surface area contributed by atoms with E-state index in [2.05, 4.69) is 10.3 Å². The van der Waals surface area contributed by atoms with Crippen molar-refractivity contribution in [3.63, 3.8) is 0 Å². The van der Waals surface area contributed by atoms with Gasteiger partial charge in [-0.1, -0.05) is 0 Å². The minimum Gasteiger partial charge on any atom is -0.383 e. The van der Waals surface area contributed by atoms with Gasteiger partial charge in [0.25, 0.3) is 5.91 Å². The van der Waals surface area contributed by atoms with E-state index in [1.54, 1.807) is 7.11 Å². The van der Waals surface area contributed by atoms with Gasteiger partial charge in [-0.2, -0.15) is 0 Å². The molecule has 0 atom stereocenters. The van der Waals surface area contributed by atoms with E-state index in [0.717, 1.165) is 17.1 Å². The molecule has 1 amide bonds. The second kappa shape index (κ2) is 6.57. The molecule has 0 saturated carbocycles. The van der Waals surface area contributed by atoms with Crippen molar-refractivity contribution in [2.24, 2.45) is 5.73 Å². The molecular formula is C10H17N3O2S. The third-order valence-electron chi connectivity index (χ3n) is 2.00. The molecule has 90 valence electrons. The van der Waals surface area contributed by atoms with Crippen LogP contribution in [0.1, 0.15) is 20.4 Å². The predicted molar refractivity (Wildman–Crippen MR) is 63.8 cm³/mol. The van der Waals surface area contributed by atoms with Crippen molar-refractivity contribution in [1.82, 2.24) is 10.3 Å². The Morgan fingerprint density at radius 1 is 1.62 bits per heavy atom. The molecule has 0 bridgehead atoms. The molecule has 0 aromatic carbocycles. The monoisotopic (exact) mass is 243 g/mol. The van der Waals surface area contributed by atoms with Crippen molar-refractivity contribution in [3.05, 3.63) is 15.6 Å². The number of methoxy groups -OCH3 is 1. The molecule has 1 aromatic heterocycles. The van der Waals surface area contributed by atoms with Crippen LogP contribution in [-0.4, -0.2) is 37.7 Å². The molecule has 0 saturated heterocycles. The average Bonchev–Trinajstić information content (AvgIpc) is 2.60. The number of aryl methyl sites for hydroxylation is 1. The zero-order valence-electron chi connectivity index (χ0n) is 9.58. The summed E-state index contributed by atoms with van der Waals surface area (Å²) in [5, 5.41) is 3.69. The number of carbonyl (C=O) groups excluding carboxylic acids is 1. The van der Waals surface area contributed by atoms with Crippen LogP contribution in [0.25, 0.3) is 0 Å². The molecule has 0 aliphatic rings. The first-order chi connectivity index (χ1) is 7.69. The third kappa shape index (κ3) is 3.55. The Kier molecular flexibility index (Phi) is 5.37. The highest BCUT2D eigenvalue weighted by Crippen LogP contribution is 2.17. The number of ether oxygens (including phenoxy) is 1. The fraction of sp³-hybridized carbons (Fsp3) is 0.600. The van der Waals surface area contributed by atoms with Crippen LogP contribution in [0.15, 0.2) is 0 Å². The first-order valence-corrected chi connectivity index (χ1v) is 5.94. The van der Waals surface area contributed by atoms with E-state index >= 15 is 0 Å². The summed E-state index contributed by atoms with van der Waals surface area (Å²) in [5.41, 5.74) is 6.21. The highest BCUT2D eigenvalue weighted by Gasteiger charge is 2.14. The lowest BCUT2D eigenvalue weighted by atomic mass is 10.3. The van der Waals surface area contributed by atoms with Crippen LogP contribution in [0.5, 0.6) is 0 Å². The SMILES string of the molecule is COCCNC(=O)c1sc(CCN)nc1C. The van der Waals surface area contributed by atoms with Gasteiger partial charge in [0.05, 0.1) is 17.3 Å². The Labute approximate surface area is 99.0 Å². The summed E-state index contributed by atoms with van der Waals surface area (Å²) < 4.78 is 4.86. The number of amides is 1. The normalized spacial score (nSPS) is 10.4. The maximum Gasteiger partial charge on any atom is 0.263 e. The third-order valence-corrected chi connectivity index (χ3v) is 3.21. The Hall–Kier alpha value is -0.980. The number of hydrogen-bond donors (Lipinski definition) is 2. The molecule has 0 radical (unpaired) electrons. The summed E-state index contributed by atoms with van der Waals surface area (Å²) in [5.74, 6) is -0.0877. The lowest BCUT2D eigenvalue weighted by Gasteiger charge is -2.02. The summed E-state index contributed by atoms with van der Waals surface area (Å²) in [6, 6.07) is 0. The van der Waals surface area contributed by atoms with Gasteiger partial charge in [0.1, 0.15) is 4.88 Å². The van der Waals surface area contributed by atoms with E-state index in [4.69, 9.17) is 10.5 Å². The van der Waals surface area contributed by atoms with Gasteiger partial charge in [-0.25, -0.2) is 4.98 Å². The highest BCUT2D eigenvalue weighted by atomic mass is 32.1. The Bertz CT molecular complexity index is 352. The summed E-state index contributed by atoms with van der Waals surface area (Å²) in [7, 11) is 1.60. The topological polar surface area (TPSA) is 77.2 Å². The van der Waals surface area contributed by atoms with Crippen LogP contribution in [-0.2, 0) is 11.2 Å². The summed E-state index contributed by atoms with van der Waals surface area (Å²) in [6.45, 7) is 3.41. The summed E-state index contributed by atoms with van der Waals surface area (Å²) in [6.07, 6.45) is 0.719. The maximum atomic E-state index is 11.7. The molecule has 0 aliphatic carbocycles. The minimum absolute atomic E-state index is 0.0877. The Morgan fingerprint density at radius 2 is 2.38 bits per heavy atom. The van der Waals surface area contributed by atoms with Gasteiger partial charge in [-0.15, -0.1) is 11.3 Å². The van der Waals surface area contributed by atoms with Gasteiger partial charge in [0, 0.05) is 20.1 Å². The van der Waals surface area contributed by atoms with Crippen molar-refractivity contribution in [1.29, 1.82) is 0 Å². The average molecular weight is 243 g/mol. The minimum atomic E-state index is -0.0877. The number of nitrogens with one attached hydrogen (secondary N) is 1. The van der Waals surface area contributed by atoms with E-state index in [0.29, 0.717) is 24.6 Å². The van der Waals surface area contributed by atoms with E-state index in [9.17, 15) is 4.79 Å². The number of carbonyl (C=O) groups is 1. The zero-order valence-corrected chi connectivity index (χ0v) is 10.4. The molecule has 1 heterocycles. The summed E-state index contributed by atoms with van der Waals surface area (Å²) >= 11 is 1.41. The molecule has 3 N–H and O–H groups in total. The molecule has 1 aromatic rings. The number of rotatable bonds is 6. The van der Waals surface area contributed by atoms with Gasteiger partial charge in [-0.3, -0.25) is 4.79 Å². The second-order valence-electron chi connectivity index (χ2n) is 3.31. The molecule has 16 heavy (non-hydrogen) atoms. The van der Waals surface area contributed by atoms with Crippen molar-refractivity contribution >= 4 is 17.2 Å². The van der Waals surface area contributed by atoms with Crippen LogP contribution < -0.4 is 11.1 Å². The van der Waals surface area contributed by atoms with Gasteiger partial charge in [-0.05, 0) is 13.5 Å². The number of aromatic nitrogens is 1. The highest BCUT2D eigenvalue weighted by molar-refractivity contribution is 7.13. The predicted octanol–water partition coefficient (Wildman–Crippen LogP) is 0.329. The first kappa shape index (κ1) is 13.1. The molecule has 0 unspecified atom stereocenters. The first-order valence-electron chi connectivity index (χ1n) is 5.12. The number of nitrogens with two attached hydrogens (primary N) is 1. The molecule has 6 heteroatoms. The maximum absolute atomic E-state index is 11.7. The number of hydrogen-bond acceptors (Lipinski definition) is 5. The van der Waals surface area contributed by atoms with E-state index in [1.807, 2.05) is 6.92 Å². The van der Waals surface area contributed by atoms with Crippen LogP contribution in [0.3, 0.4) is 0 Å². The van der Waals surface area contributed by atoms with Gasteiger partial charge in [0.15, 0.2) is 0 Å². The lowest BCUT2D eigenvalue weighted by Crippen LogP contribution is -2.26. The number of nitrogens with zero attached hydrogens (tertiary/aromatic N) is 1. The van der Waals surface area contributed by atoms with Gasteiger partial charge >= 0.3 is 0 Å². The fourth-order valence-electron chi connectivity index (χ4n) is 1.24. The van der Waals surface area contributed by atoms with E-state index < -0.39 is 0 Å². The standard InChI is InChI=1S/C10H17N3O2S/c1-7-9(10(14)12-5-6-15-2)16-8(13-7)3-4-11/h3-6,11H2,1-2H3,(H,12,14). The van der Waals surface area contributed by atoms with Crippen molar-refractivity contribution in [3.8, 4) is 0 Å². The van der Waals surface area contributed by atoms with Crippen LogP contribution in [0.4, 0.5) is 0 Å². The molecular weight excluding hydrogens is 226 g/mol. The van der Waals surface area contributed by atoms with Gasteiger partial charge < -0.3 is 15.8 Å². The van der Waals surface area contributed by atoms with Crippen molar-refractivity contribution in [2.45, 2.75) is 13.3 Å². The summed E-state index contributed by atoms with van der Waals surface area (Å²) in [4.78, 5) is 16.7. The van der Waals surface area contributed by atoms with Crippen molar-refractivity contribution in [2.75, 3.05) is 26.8 Å². The molecule has 0 spiro atoms. The fourth-order valence-corrected chi connectivity index (χ4v) is 2.24. The lowest BCUT2D eigenvalue weighted by molar-refractivity contribution is 0.0940. The zero-order chi connectivity index (χ0) is 12.0. The number of thiazole rings is 1. The smallest absolute Gasteiger partial charge is 0.263 e. The van der Waals surface area contributed by atoms with Crippen LogP contribution in [0, 0.1) is 6.92 Å². The van der Waals surface area contributed by atoms with Gasteiger partial charge in [0.2, 0.25) is 0 Å². The largest absolute Gasteiger partial charge is 0.383 e. The van der Waals surface area contributed by atoms with E-state index in [-0.39, 0.29) is 5.91 Å². The van der Waals surface area contributed by atoms with Crippen LogP contribution >= 0.6 is 11.3 Å². The van der Waals surface area contributed by atoms with Crippen LogP contribution in [0.2, 0.25) is 0 Å². The second-order valence-corrected chi connectivity index (χ2v) is 4.39. The Balaban J connectivity index is 2.60. The quantitative estimate of drug-likeness (QED) is 0.706. The van der Waals surface area contributed by atoms with Crippen molar-refractivity contribution < 1.29 is 9.53 Å². The molecule has 0 aliphatic heterocycles. The van der Waals surface area contributed by atoms with E-state index in [1.165, 1.54) is 11.3 Å². The molecule has 0 fully saturated rings. The Morgan fingerprint density at radius 3 is 3.00 bits per heavy atom.